The van der Waals surface area contributed by atoms with Crippen LogP contribution in [0, 0.1) is 29.5 Å². The molecule has 0 radical (unpaired) electrons. The minimum atomic E-state index is -0.937. The highest BCUT2D eigenvalue weighted by atomic mass is 32.1. The Morgan fingerprint density at radius 3 is 2.74 bits per heavy atom. The normalized spacial score (nSPS) is 28.4. The number of allylic oxidation sites excluding steroid dienone is 2. The summed E-state index contributed by atoms with van der Waals surface area (Å²) in [4.78, 5) is 28.3. The number of carbonyl (C=O) groups is 2. The Bertz CT molecular complexity index is 847. The lowest BCUT2D eigenvalue weighted by Gasteiger charge is -2.23. The molecule has 1 amide bonds. The van der Waals surface area contributed by atoms with Crippen molar-refractivity contribution < 1.29 is 19.1 Å². The number of rotatable bonds is 3. The molecule has 1 aromatic heterocycles. The van der Waals surface area contributed by atoms with Gasteiger partial charge in [-0.1, -0.05) is 23.5 Å². The molecule has 2 N–H and O–H groups in total. The Morgan fingerprint density at radius 1 is 1.26 bits per heavy atom. The maximum Gasteiger partial charge on any atom is 0.307 e. The second-order valence-corrected chi connectivity index (χ2v) is 6.99. The summed E-state index contributed by atoms with van der Waals surface area (Å²) in [6.45, 7) is 0. The number of benzene rings is 1. The van der Waals surface area contributed by atoms with E-state index in [1.54, 1.807) is 6.07 Å². The number of aromatic nitrogens is 1. The van der Waals surface area contributed by atoms with Gasteiger partial charge in [0.05, 0.1) is 22.1 Å². The molecule has 2 aromatic rings. The van der Waals surface area contributed by atoms with Crippen LogP contribution in [0.4, 0.5) is 9.52 Å². The van der Waals surface area contributed by atoms with Gasteiger partial charge in [-0.3, -0.25) is 9.59 Å². The van der Waals surface area contributed by atoms with Crippen LogP contribution >= 0.6 is 11.3 Å². The van der Waals surface area contributed by atoms with Crippen LogP contribution in [0.25, 0.3) is 10.2 Å². The van der Waals surface area contributed by atoms with Crippen LogP contribution in [0.2, 0.25) is 0 Å². The molecule has 4 unspecified atom stereocenters. The van der Waals surface area contributed by atoms with Crippen molar-refractivity contribution in [2.45, 2.75) is 6.42 Å². The standard InChI is InChI=1S/C16H13FN2O3S/c17-9-3-4-10-11(6-9)23-16(18-10)19-14(20)12-7-1-2-8(5-7)13(12)15(21)22/h1-4,6-8,12-13H,5H2,(H,21,22)(H,18,19,20). The highest BCUT2D eigenvalue weighted by Crippen LogP contribution is 2.48. The molecule has 2 aliphatic rings. The van der Waals surface area contributed by atoms with E-state index < -0.39 is 17.8 Å². The summed E-state index contributed by atoms with van der Waals surface area (Å²) in [6, 6.07) is 4.23. The third-order valence-electron chi connectivity index (χ3n) is 4.63. The molecular formula is C16H13FN2O3S. The summed E-state index contributed by atoms with van der Waals surface area (Å²) >= 11 is 1.18. The Labute approximate surface area is 134 Å². The van der Waals surface area contributed by atoms with E-state index in [-0.39, 0.29) is 23.6 Å². The number of halogens is 1. The first-order valence-electron chi connectivity index (χ1n) is 7.31. The van der Waals surface area contributed by atoms with Crippen molar-refractivity contribution in [3.8, 4) is 0 Å². The van der Waals surface area contributed by atoms with Gasteiger partial charge in [-0.05, 0) is 36.5 Å². The molecule has 23 heavy (non-hydrogen) atoms. The number of carboxylic acid groups (broad SMARTS) is 1. The fourth-order valence-electron chi connectivity index (χ4n) is 3.66. The van der Waals surface area contributed by atoms with Gasteiger partial charge in [0, 0.05) is 0 Å². The molecule has 4 rings (SSSR count). The summed E-state index contributed by atoms with van der Waals surface area (Å²) in [6.07, 6.45) is 4.54. The Morgan fingerprint density at radius 2 is 2.00 bits per heavy atom. The molecule has 1 heterocycles. The zero-order chi connectivity index (χ0) is 16.1. The van der Waals surface area contributed by atoms with Gasteiger partial charge in [-0.15, -0.1) is 0 Å². The van der Waals surface area contributed by atoms with E-state index >= 15 is 0 Å². The molecule has 118 valence electrons. The number of aliphatic carboxylic acids is 1. The van der Waals surface area contributed by atoms with Gasteiger partial charge in [-0.25, -0.2) is 9.37 Å². The van der Waals surface area contributed by atoms with Crippen LogP contribution < -0.4 is 5.32 Å². The number of carboxylic acids is 1. The lowest BCUT2D eigenvalue weighted by Crippen LogP contribution is -2.36. The van der Waals surface area contributed by atoms with E-state index in [0.29, 0.717) is 21.8 Å². The fourth-order valence-corrected chi connectivity index (χ4v) is 4.55. The number of hydrogen-bond donors (Lipinski definition) is 2. The van der Waals surface area contributed by atoms with Gasteiger partial charge in [-0.2, -0.15) is 0 Å². The second kappa shape index (κ2) is 5.13. The van der Waals surface area contributed by atoms with E-state index in [1.165, 1.54) is 23.5 Å². The molecule has 4 atom stereocenters. The average molecular weight is 332 g/mol. The molecule has 0 spiro atoms. The van der Waals surface area contributed by atoms with Crippen molar-refractivity contribution >= 4 is 38.6 Å². The zero-order valence-corrected chi connectivity index (χ0v) is 12.7. The predicted octanol–water partition coefficient (Wildman–Crippen LogP) is 2.90. The molecule has 7 heteroatoms. The first-order valence-corrected chi connectivity index (χ1v) is 8.12. The minimum absolute atomic E-state index is 0.0343. The monoisotopic (exact) mass is 332 g/mol. The minimum Gasteiger partial charge on any atom is -0.481 e. The Balaban J connectivity index is 1.59. The van der Waals surface area contributed by atoms with Gasteiger partial charge in [0.15, 0.2) is 5.13 Å². The third-order valence-corrected chi connectivity index (χ3v) is 5.56. The van der Waals surface area contributed by atoms with Gasteiger partial charge < -0.3 is 10.4 Å². The van der Waals surface area contributed by atoms with Crippen LogP contribution in [0.15, 0.2) is 30.4 Å². The molecule has 0 aliphatic heterocycles. The fraction of sp³-hybridized carbons (Fsp3) is 0.312. The molecule has 1 saturated carbocycles. The number of nitrogens with one attached hydrogen (secondary N) is 1. The highest BCUT2D eigenvalue weighted by molar-refractivity contribution is 7.22. The number of thiazole rings is 1. The summed E-state index contributed by atoms with van der Waals surface area (Å²) in [5.41, 5.74) is 0.606. The van der Waals surface area contributed by atoms with Crippen LogP contribution in [0.5, 0.6) is 0 Å². The lowest BCUT2D eigenvalue weighted by atomic mass is 9.82. The molecule has 1 aromatic carbocycles. The first kappa shape index (κ1) is 14.3. The maximum absolute atomic E-state index is 13.2. The van der Waals surface area contributed by atoms with Crippen LogP contribution in [0.3, 0.4) is 0 Å². The van der Waals surface area contributed by atoms with Gasteiger partial charge in [0.2, 0.25) is 5.91 Å². The average Bonchev–Trinajstić information content (AvgIpc) is 3.18. The number of nitrogens with zero attached hydrogens (tertiary/aromatic N) is 1. The van der Waals surface area contributed by atoms with Crippen molar-refractivity contribution in [3.05, 3.63) is 36.2 Å². The number of anilines is 1. The zero-order valence-electron chi connectivity index (χ0n) is 11.9. The highest BCUT2D eigenvalue weighted by Gasteiger charge is 2.51. The van der Waals surface area contributed by atoms with Crippen molar-refractivity contribution in [2.24, 2.45) is 23.7 Å². The Hall–Kier alpha value is -2.28. The summed E-state index contributed by atoms with van der Waals surface area (Å²) in [5, 5.41) is 12.5. The SMILES string of the molecule is O=C(O)C1C2C=CC(C2)C1C(=O)Nc1nc2ccc(F)cc2s1. The number of amides is 1. The second-order valence-electron chi connectivity index (χ2n) is 5.96. The van der Waals surface area contributed by atoms with E-state index in [2.05, 4.69) is 10.3 Å². The van der Waals surface area contributed by atoms with Gasteiger partial charge in [0.1, 0.15) is 5.82 Å². The molecule has 2 bridgehead atoms. The van der Waals surface area contributed by atoms with Crippen LogP contribution in [-0.4, -0.2) is 22.0 Å². The lowest BCUT2D eigenvalue weighted by molar-refractivity contribution is -0.146. The quantitative estimate of drug-likeness (QED) is 0.847. The summed E-state index contributed by atoms with van der Waals surface area (Å²) in [5.74, 6) is -2.99. The summed E-state index contributed by atoms with van der Waals surface area (Å²) in [7, 11) is 0. The van der Waals surface area contributed by atoms with Gasteiger partial charge in [0.25, 0.3) is 0 Å². The van der Waals surface area contributed by atoms with Crippen molar-refractivity contribution in [1.29, 1.82) is 0 Å². The summed E-state index contributed by atoms with van der Waals surface area (Å²) < 4.78 is 13.9. The van der Waals surface area contributed by atoms with Crippen LogP contribution in [0.1, 0.15) is 6.42 Å². The molecule has 1 fully saturated rings. The van der Waals surface area contributed by atoms with E-state index in [0.717, 1.165) is 0 Å². The van der Waals surface area contributed by atoms with E-state index in [9.17, 15) is 19.1 Å². The van der Waals surface area contributed by atoms with E-state index in [4.69, 9.17) is 0 Å². The largest absolute Gasteiger partial charge is 0.481 e. The molecular weight excluding hydrogens is 319 g/mol. The molecule has 2 aliphatic carbocycles. The smallest absolute Gasteiger partial charge is 0.307 e. The third kappa shape index (κ3) is 2.31. The van der Waals surface area contributed by atoms with Crippen LogP contribution in [-0.2, 0) is 9.59 Å². The van der Waals surface area contributed by atoms with E-state index in [1.807, 2.05) is 12.2 Å². The predicted molar refractivity (Wildman–Crippen MR) is 83.6 cm³/mol. The van der Waals surface area contributed by atoms with Crippen molar-refractivity contribution in [2.75, 3.05) is 5.32 Å². The number of fused-ring (bicyclic) bond motifs is 3. The van der Waals surface area contributed by atoms with Crippen molar-refractivity contribution in [1.82, 2.24) is 4.98 Å². The Kier molecular flexibility index (Phi) is 3.19. The molecule has 0 saturated heterocycles. The first-order chi connectivity index (χ1) is 11.0. The number of hydrogen-bond acceptors (Lipinski definition) is 4. The maximum atomic E-state index is 13.2. The topological polar surface area (TPSA) is 79.3 Å². The number of carbonyl (C=O) groups excluding carboxylic acids is 1. The molecule has 5 nitrogen and oxygen atoms in total. The van der Waals surface area contributed by atoms with Gasteiger partial charge >= 0.3 is 5.97 Å². The van der Waals surface area contributed by atoms with Crippen molar-refractivity contribution in [3.63, 3.8) is 0 Å².